The molecule has 3 heteroatoms. The van der Waals surface area contributed by atoms with Gasteiger partial charge < -0.3 is 0 Å². The molecule has 4 saturated carbocycles. The van der Waals surface area contributed by atoms with Crippen molar-refractivity contribution in [3.63, 3.8) is 0 Å². The van der Waals surface area contributed by atoms with Crippen LogP contribution in [0.4, 0.5) is 13.2 Å². The fourth-order valence-corrected chi connectivity index (χ4v) is 4.13. The maximum atomic E-state index is 12.8. The predicted octanol–water partition coefficient (Wildman–Crippen LogP) is 3.58. The van der Waals surface area contributed by atoms with Gasteiger partial charge in [-0.1, -0.05) is 0 Å². The molecule has 0 saturated heterocycles. The van der Waals surface area contributed by atoms with Crippen LogP contribution in [-0.2, 0) is 0 Å². The Labute approximate surface area is 81.9 Å². The van der Waals surface area contributed by atoms with Crippen molar-refractivity contribution in [3.05, 3.63) is 5.92 Å². The molecule has 79 valence electrons. The van der Waals surface area contributed by atoms with E-state index in [4.69, 9.17) is 0 Å². The van der Waals surface area contributed by atoms with Gasteiger partial charge in [-0.25, -0.2) is 0 Å². The molecule has 0 aromatic carbocycles. The molecule has 0 nitrogen and oxygen atoms in total. The molecule has 1 radical (unpaired) electrons. The van der Waals surface area contributed by atoms with Crippen molar-refractivity contribution >= 4 is 0 Å². The van der Waals surface area contributed by atoms with E-state index in [0.29, 0.717) is 11.8 Å². The van der Waals surface area contributed by atoms with Crippen LogP contribution in [0.25, 0.3) is 0 Å². The first-order chi connectivity index (χ1) is 6.54. The molecule has 4 fully saturated rings. The lowest BCUT2D eigenvalue weighted by atomic mass is 9.52. The summed E-state index contributed by atoms with van der Waals surface area (Å²) >= 11 is 0. The summed E-state index contributed by atoms with van der Waals surface area (Å²) in [4.78, 5) is 0. The molecule has 0 N–H and O–H groups in total. The minimum absolute atomic E-state index is 0.0590. The number of rotatable bonds is 0. The van der Waals surface area contributed by atoms with E-state index in [1.165, 1.54) is 6.42 Å². The number of halogens is 3. The van der Waals surface area contributed by atoms with Gasteiger partial charge in [-0.05, 0) is 55.8 Å². The first kappa shape index (κ1) is 9.05. The van der Waals surface area contributed by atoms with Crippen molar-refractivity contribution in [3.8, 4) is 0 Å². The lowest BCUT2D eigenvalue weighted by Gasteiger charge is -2.54. The zero-order valence-corrected chi connectivity index (χ0v) is 7.98. The monoisotopic (exact) mass is 203 g/mol. The minimum Gasteiger partial charge on any atom is -0.171 e. The predicted molar refractivity (Wildman–Crippen MR) is 46.3 cm³/mol. The number of hydrogen-bond acceptors (Lipinski definition) is 0. The van der Waals surface area contributed by atoms with Gasteiger partial charge in [0.05, 0.1) is 5.92 Å². The summed E-state index contributed by atoms with van der Waals surface area (Å²) < 4.78 is 38.4. The topological polar surface area (TPSA) is 0 Å². The van der Waals surface area contributed by atoms with E-state index in [0.717, 1.165) is 31.6 Å². The van der Waals surface area contributed by atoms with Gasteiger partial charge in [0, 0.05) is 0 Å². The van der Waals surface area contributed by atoms with E-state index in [2.05, 4.69) is 0 Å². The van der Waals surface area contributed by atoms with Crippen molar-refractivity contribution in [2.45, 2.75) is 38.3 Å². The van der Waals surface area contributed by atoms with E-state index < -0.39 is 12.1 Å². The highest BCUT2D eigenvalue weighted by atomic mass is 19.4. The normalized spacial score (nSPS) is 47.4. The number of alkyl halides is 3. The van der Waals surface area contributed by atoms with Crippen LogP contribution >= 0.6 is 0 Å². The third-order valence-electron chi connectivity index (χ3n) is 4.30. The highest BCUT2D eigenvalue weighted by Gasteiger charge is 2.57. The molecule has 4 rings (SSSR count). The molecule has 14 heavy (non-hydrogen) atoms. The van der Waals surface area contributed by atoms with Gasteiger partial charge in [0.1, 0.15) is 0 Å². The zero-order valence-electron chi connectivity index (χ0n) is 7.98. The van der Waals surface area contributed by atoms with Crippen molar-refractivity contribution in [1.82, 2.24) is 0 Å². The molecule has 3 atom stereocenters. The highest BCUT2D eigenvalue weighted by molar-refractivity contribution is 5.15. The molecule has 4 bridgehead atoms. The summed E-state index contributed by atoms with van der Waals surface area (Å²) in [6.07, 6.45) is 0.459. The molecule has 0 spiro atoms. The van der Waals surface area contributed by atoms with Crippen LogP contribution in [0.3, 0.4) is 0 Å². The van der Waals surface area contributed by atoms with Gasteiger partial charge in [0.25, 0.3) is 0 Å². The minimum atomic E-state index is -3.96. The van der Waals surface area contributed by atoms with E-state index in [1.54, 1.807) is 0 Å². The Morgan fingerprint density at radius 2 is 1.50 bits per heavy atom. The first-order valence-electron chi connectivity index (χ1n) is 5.45. The summed E-state index contributed by atoms with van der Waals surface area (Å²) in [5.41, 5.74) is 0. The average molecular weight is 203 g/mol. The Kier molecular flexibility index (Phi) is 1.73. The Morgan fingerprint density at radius 3 is 1.93 bits per heavy atom. The van der Waals surface area contributed by atoms with E-state index in [-0.39, 0.29) is 5.92 Å². The fourth-order valence-electron chi connectivity index (χ4n) is 4.13. The Bertz CT molecular complexity index is 215. The fraction of sp³-hybridized carbons (Fsp3) is 0.909. The third-order valence-corrected chi connectivity index (χ3v) is 4.30. The van der Waals surface area contributed by atoms with Crippen LogP contribution in [0.15, 0.2) is 0 Å². The second-order valence-electron chi connectivity index (χ2n) is 5.29. The van der Waals surface area contributed by atoms with Crippen LogP contribution in [0.1, 0.15) is 32.1 Å². The zero-order chi connectivity index (χ0) is 9.92. The van der Waals surface area contributed by atoms with Crippen molar-refractivity contribution in [2.24, 2.45) is 23.7 Å². The van der Waals surface area contributed by atoms with Crippen molar-refractivity contribution < 1.29 is 13.2 Å². The molecular weight excluding hydrogens is 189 g/mol. The molecule has 0 amide bonds. The average Bonchev–Trinajstić information content (AvgIpc) is 1.97. The van der Waals surface area contributed by atoms with Crippen LogP contribution in [0.5, 0.6) is 0 Å². The van der Waals surface area contributed by atoms with Crippen LogP contribution < -0.4 is 0 Å². The second-order valence-corrected chi connectivity index (χ2v) is 5.29. The molecule has 3 unspecified atom stereocenters. The molecule has 0 aliphatic heterocycles. The molecule has 0 heterocycles. The summed E-state index contributed by atoms with van der Waals surface area (Å²) in [5.74, 6) is 0.940. The maximum Gasteiger partial charge on any atom is 0.392 e. The Morgan fingerprint density at radius 1 is 0.929 bits per heavy atom. The van der Waals surface area contributed by atoms with Gasteiger partial charge in [0.2, 0.25) is 0 Å². The largest absolute Gasteiger partial charge is 0.392 e. The lowest BCUT2D eigenvalue weighted by Crippen LogP contribution is -2.49. The molecule has 0 aromatic rings. The van der Waals surface area contributed by atoms with E-state index >= 15 is 0 Å². The van der Waals surface area contributed by atoms with E-state index in [9.17, 15) is 13.2 Å². The van der Waals surface area contributed by atoms with E-state index in [1.807, 2.05) is 0 Å². The lowest BCUT2D eigenvalue weighted by molar-refractivity contribution is -0.207. The first-order valence-corrected chi connectivity index (χ1v) is 5.45. The summed E-state index contributed by atoms with van der Waals surface area (Å²) in [6, 6.07) is 0. The third kappa shape index (κ3) is 1.20. The van der Waals surface area contributed by atoms with Gasteiger partial charge in [-0.2, -0.15) is 13.2 Å². The Hall–Kier alpha value is -0.210. The van der Waals surface area contributed by atoms with Crippen LogP contribution in [0, 0.1) is 29.6 Å². The smallest absolute Gasteiger partial charge is 0.171 e. The Balaban J connectivity index is 1.88. The van der Waals surface area contributed by atoms with Gasteiger partial charge >= 0.3 is 6.18 Å². The molecular formula is C11H14F3. The van der Waals surface area contributed by atoms with Gasteiger partial charge in [0.15, 0.2) is 0 Å². The number of hydrogen-bond donors (Lipinski definition) is 0. The quantitative estimate of drug-likeness (QED) is 0.564. The summed E-state index contributed by atoms with van der Waals surface area (Å²) in [6.45, 7) is 0. The maximum absolute atomic E-state index is 12.8. The summed E-state index contributed by atoms with van der Waals surface area (Å²) in [5, 5.41) is 0. The standard InChI is InChI=1S/C11H14F3/c12-11(13,14)10-8-2-6-1-7(4-8)5-9(10)3-6/h6-8,10H,1-5H2. The molecule has 4 aliphatic rings. The van der Waals surface area contributed by atoms with Gasteiger partial charge in [-0.15, -0.1) is 0 Å². The van der Waals surface area contributed by atoms with Crippen LogP contribution in [-0.4, -0.2) is 6.18 Å². The van der Waals surface area contributed by atoms with Crippen molar-refractivity contribution in [2.75, 3.05) is 0 Å². The van der Waals surface area contributed by atoms with Crippen LogP contribution in [0.2, 0.25) is 0 Å². The van der Waals surface area contributed by atoms with Crippen molar-refractivity contribution in [1.29, 1.82) is 0 Å². The SMILES string of the molecule is FC(F)(F)C1[C]2CC3CC(C2)CC1C3. The molecule has 0 aromatic heterocycles. The van der Waals surface area contributed by atoms with Gasteiger partial charge in [-0.3, -0.25) is 0 Å². The highest BCUT2D eigenvalue weighted by Crippen LogP contribution is 2.61. The summed E-state index contributed by atoms with van der Waals surface area (Å²) in [7, 11) is 0. The molecule has 4 aliphatic carbocycles. The second kappa shape index (κ2) is 2.67.